The van der Waals surface area contributed by atoms with Crippen LogP contribution in [0.4, 0.5) is 0 Å². The van der Waals surface area contributed by atoms with Crippen molar-refractivity contribution in [1.29, 1.82) is 0 Å². The lowest BCUT2D eigenvalue weighted by molar-refractivity contribution is -0.128. The van der Waals surface area contributed by atoms with Gasteiger partial charge in [-0.15, -0.1) is 0 Å². The van der Waals surface area contributed by atoms with E-state index in [-0.39, 0.29) is 24.3 Å². The lowest BCUT2D eigenvalue weighted by atomic mass is 10.1. The number of ether oxygens (including phenoxy) is 2. The van der Waals surface area contributed by atoms with Gasteiger partial charge in [0.15, 0.2) is 11.5 Å². The van der Waals surface area contributed by atoms with Gasteiger partial charge >= 0.3 is 0 Å². The number of benzene rings is 1. The molecule has 1 rings (SSSR count). The molecule has 2 N–H and O–H groups in total. The molecule has 2 amide bonds. The average molecular weight is 364 g/mol. The fraction of sp³-hybridized carbons (Fsp3) is 0.600. The summed E-state index contributed by atoms with van der Waals surface area (Å²) in [5.74, 6) is 1.51. The van der Waals surface area contributed by atoms with Crippen LogP contribution in [0, 0.1) is 11.8 Å². The number of carbonyl (C=O) groups is 2. The Morgan fingerprint density at radius 3 is 2.46 bits per heavy atom. The minimum Gasteiger partial charge on any atom is -0.493 e. The van der Waals surface area contributed by atoms with E-state index in [1.54, 1.807) is 7.11 Å². The monoisotopic (exact) mass is 364 g/mol. The standard InChI is InChI=1S/C20H32N2O4/c1-6-15(4)20(24)22-13-19(23)21-12-16-7-8-17(18(11-16)25-5)26-10-9-14(2)3/h7-8,11,14-15H,6,9-10,12-13H2,1-5H3,(H,21,23)(H,22,24). The first-order valence-corrected chi connectivity index (χ1v) is 9.21. The summed E-state index contributed by atoms with van der Waals surface area (Å²) in [6.07, 6.45) is 1.72. The predicted octanol–water partition coefficient (Wildman–Crippen LogP) is 2.90. The van der Waals surface area contributed by atoms with Crippen molar-refractivity contribution < 1.29 is 19.1 Å². The van der Waals surface area contributed by atoms with Gasteiger partial charge < -0.3 is 20.1 Å². The first-order chi connectivity index (χ1) is 12.4. The Balaban J connectivity index is 2.49. The molecule has 146 valence electrons. The normalized spacial score (nSPS) is 11.8. The molecule has 0 spiro atoms. The topological polar surface area (TPSA) is 76.7 Å². The summed E-state index contributed by atoms with van der Waals surface area (Å²) < 4.78 is 11.1. The quantitative estimate of drug-likeness (QED) is 0.633. The zero-order chi connectivity index (χ0) is 19.5. The largest absolute Gasteiger partial charge is 0.493 e. The maximum absolute atomic E-state index is 11.9. The number of hydrogen-bond donors (Lipinski definition) is 2. The van der Waals surface area contributed by atoms with Gasteiger partial charge in [-0.2, -0.15) is 0 Å². The molecule has 0 aliphatic heterocycles. The van der Waals surface area contributed by atoms with Crippen LogP contribution < -0.4 is 20.1 Å². The van der Waals surface area contributed by atoms with Gasteiger partial charge in [-0.25, -0.2) is 0 Å². The molecule has 0 aliphatic rings. The smallest absolute Gasteiger partial charge is 0.239 e. The minimum absolute atomic E-state index is 0.0172. The van der Waals surface area contributed by atoms with E-state index >= 15 is 0 Å². The van der Waals surface area contributed by atoms with E-state index in [1.807, 2.05) is 32.0 Å². The second-order valence-electron chi connectivity index (χ2n) is 6.82. The minimum atomic E-state index is -0.224. The molecule has 1 aromatic rings. The molecule has 0 bridgehead atoms. The van der Waals surface area contributed by atoms with Crippen molar-refractivity contribution in [2.75, 3.05) is 20.3 Å². The summed E-state index contributed by atoms with van der Waals surface area (Å²) in [5, 5.41) is 5.43. The van der Waals surface area contributed by atoms with Crippen LogP contribution >= 0.6 is 0 Å². The average Bonchev–Trinajstić information content (AvgIpc) is 2.63. The summed E-state index contributed by atoms with van der Waals surface area (Å²) >= 11 is 0. The molecule has 1 unspecified atom stereocenters. The second-order valence-corrected chi connectivity index (χ2v) is 6.82. The SMILES string of the molecule is CCC(C)C(=O)NCC(=O)NCc1ccc(OCCC(C)C)c(OC)c1. The highest BCUT2D eigenvalue weighted by Gasteiger charge is 2.12. The number of carbonyl (C=O) groups excluding carboxylic acids is 2. The highest BCUT2D eigenvalue weighted by Crippen LogP contribution is 2.28. The van der Waals surface area contributed by atoms with Crippen molar-refractivity contribution in [1.82, 2.24) is 10.6 Å². The van der Waals surface area contributed by atoms with Crippen LogP contribution in [-0.4, -0.2) is 32.1 Å². The van der Waals surface area contributed by atoms with Crippen molar-refractivity contribution in [2.45, 2.75) is 47.1 Å². The molecule has 0 fully saturated rings. The van der Waals surface area contributed by atoms with Gasteiger partial charge in [0.05, 0.1) is 20.3 Å². The summed E-state index contributed by atoms with van der Waals surface area (Å²) in [7, 11) is 1.59. The Morgan fingerprint density at radius 1 is 1.12 bits per heavy atom. The number of nitrogens with one attached hydrogen (secondary N) is 2. The van der Waals surface area contributed by atoms with Crippen LogP contribution in [0.2, 0.25) is 0 Å². The molecule has 1 atom stereocenters. The molecule has 0 saturated carbocycles. The lowest BCUT2D eigenvalue weighted by Crippen LogP contribution is -2.38. The van der Waals surface area contributed by atoms with Crippen molar-refractivity contribution in [3.8, 4) is 11.5 Å². The fourth-order valence-electron chi connectivity index (χ4n) is 2.14. The van der Waals surface area contributed by atoms with Crippen molar-refractivity contribution in [3.05, 3.63) is 23.8 Å². The summed E-state index contributed by atoms with van der Waals surface area (Å²) in [6.45, 7) is 9.06. The second kappa shape index (κ2) is 11.4. The lowest BCUT2D eigenvalue weighted by Gasteiger charge is -2.14. The van der Waals surface area contributed by atoms with E-state index in [9.17, 15) is 9.59 Å². The fourth-order valence-corrected chi connectivity index (χ4v) is 2.14. The van der Waals surface area contributed by atoms with E-state index in [1.165, 1.54) is 0 Å². The Kier molecular flexibility index (Phi) is 9.55. The van der Waals surface area contributed by atoms with E-state index in [4.69, 9.17) is 9.47 Å². The number of rotatable bonds is 11. The molecule has 6 heteroatoms. The zero-order valence-corrected chi connectivity index (χ0v) is 16.6. The van der Waals surface area contributed by atoms with Crippen LogP contribution in [0.15, 0.2) is 18.2 Å². The maximum atomic E-state index is 11.9. The first kappa shape index (κ1) is 21.8. The third-order valence-electron chi connectivity index (χ3n) is 4.15. The molecule has 0 heterocycles. The van der Waals surface area contributed by atoms with Gasteiger partial charge in [0.1, 0.15) is 0 Å². The molecular weight excluding hydrogens is 332 g/mol. The number of methoxy groups -OCH3 is 1. The molecule has 0 aromatic heterocycles. The molecule has 0 aliphatic carbocycles. The van der Waals surface area contributed by atoms with Crippen LogP contribution in [0.25, 0.3) is 0 Å². The molecule has 0 radical (unpaired) electrons. The van der Waals surface area contributed by atoms with Crippen molar-refractivity contribution in [2.24, 2.45) is 11.8 Å². The zero-order valence-electron chi connectivity index (χ0n) is 16.6. The molecule has 0 saturated heterocycles. The highest BCUT2D eigenvalue weighted by molar-refractivity contribution is 5.85. The van der Waals surface area contributed by atoms with E-state index in [0.29, 0.717) is 30.6 Å². The van der Waals surface area contributed by atoms with Gasteiger partial charge in [-0.3, -0.25) is 9.59 Å². The predicted molar refractivity (Wildman–Crippen MR) is 102 cm³/mol. The maximum Gasteiger partial charge on any atom is 0.239 e. The molecular formula is C20H32N2O4. The summed E-state index contributed by atoms with van der Waals surface area (Å²) in [4.78, 5) is 23.6. The third kappa shape index (κ3) is 7.76. The first-order valence-electron chi connectivity index (χ1n) is 9.21. The van der Waals surface area contributed by atoms with Gasteiger partial charge in [-0.05, 0) is 36.5 Å². The van der Waals surface area contributed by atoms with E-state index in [0.717, 1.165) is 18.4 Å². The van der Waals surface area contributed by atoms with Gasteiger partial charge in [-0.1, -0.05) is 33.8 Å². The van der Waals surface area contributed by atoms with E-state index < -0.39 is 0 Å². The van der Waals surface area contributed by atoms with Gasteiger partial charge in [0.2, 0.25) is 11.8 Å². The van der Waals surface area contributed by atoms with Crippen molar-refractivity contribution >= 4 is 11.8 Å². The molecule has 6 nitrogen and oxygen atoms in total. The third-order valence-corrected chi connectivity index (χ3v) is 4.15. The molecule has 1 aromatic carbocycles. The number of amides is 2. The van der Waals surface area contributed by atoms with Crippen LogP contribution in [0.1, 0.15) is 46.1 Å². The Morgan fingerprint density at radius 2 is 1.85 bits per heavy atom. The highest BCUT2D eigenvalue weighted by atomic mass is 16.5. The summed E-state index contributed by atoms with van der Waals surface area (Å²) in [6, 6.07) is 5.60. The van der Waals surface area contributed by atoms with Crippen LogP contribution in [-0.2, 0) is 16.1 Å². The number of hydrogen-bond acceptors (Lipinski definition) is 4. The van der Waals surface area contributed by atoms with Crippen LogP contribution in [0.3, 0.4) is 0 Å². The van der Waals surface area contributed by atoms with Gasteiger partial charge in [0.25, 0.3) is 0 Å². The Labute approximate surface area is 156 Å². The Bertz CT molecular complexity index is 587. The van der Waals surface area contributed by atoms with Crippen molar-refractivity contribution in [3.63, 3.8) is 0 Å². The summed E-state index contributed by atoms with van der Waals surface area (Å²) in [5.41, 5.74) is 0.902. The van der Waals surface area contributed by atoms with E-state index in [2.05, 4.69) is 24.5 Å². The molecule has 26 heavy (non-hydrogen) atoms. The van der Waals surface area contributed by atoms with Gasteiger partial charge in [0, 0.05) is 12.5 Å². The Hall–Kier alpha value is -2.24. The van der Waals surface area contributed by atoms with Crippen LogP contribution in [0.5, 0.6) is 11.5 Å².